The molecule has 1 aliphatic carbocycles. The summed E-state index contributed by atoms with van der Waals surface area (Å²) in [6, 6.07) is 8.17. The van der Waals surface area contributed by atoms with Gasteiger partial charge in [0, 0.05) is 17.1 Å². The molecule has 1 fully saturated rings. The van der Waals surface area contributed by atoms with Crippen molar-refractivity contribution in [2.24, 2.45) is 5.92 Å². The lowest BCUT2D eigenvalue weighted by Crippen LogP contribution is -2.02. The van der Waals surface area contributed by atoms with Crippen LogP contribution in [0.1, 0.15) is 12.8 Å². The van der Waals surface area contributed by atoms with Crippen LogP contribution in [0.4, 0.5) is 5.69 Å². The van der Waals surface area contributed by atoms with E-state index in [-0.39, 0.29) is 0 Å². The van der Waals surface area contributed by atoms with Crippen LogP contribution in [0.25, 0.3) is 0 Å². The Labute approximate surface area is 78.6 Å². The Balaban J connectivity index is 1.89. The zero-order chi connectivity index (χ0) is 8.39. The summed E-state index contributed by atoms with van der Waals surface area (Å²) < 4.78 is 0. The maximum atomic E-state index is 4.22. The largest absolute Gasteiger partial charge is 0.385 e. The molecule has 64 valence electrons. The Morgan fingerprint density at radius 2 is 1.92 bits per heavy atom. The van der Waals surface area contributed by atoms with Crippen molar-refractivity contribution in [3.05, 3.63) is 24.3 Å². The summed E-state index contributed by atoms with van der Waals surface area (Å²) in [5, 5.41) is 3.40. The maximum absolute atomic E-state index is 4.22. The number of benzene rings is 1. The van der Waals surface area contributed by atoms with Crippen molar-refractivity contribution >= 4 is 18.3 Å². The molecule has 0 unspecified atom stereocenters. The molecule has 0 amide bonds. The van der Waals surface area contributed by atoms with Crippen molar-refractivity contribution < 1.29 is 0 Å². The zero-order valence-electron chi connectivity index (χ0n) is 6.96. The number of anilines is 1. The Hall–Kier alpha value is -0.630. The molecule has 0 aliphatic heterocycles. The van der Waals surface area contributed by atoms with E-state index in [4.69, 9.17) is 0 Å². The molecule has 1 saturated carbocycles. The number of thiol groups is 1. The summed E-state index contributed by atoms with van der Waals surface area (Å²) in [7, 11) is 0. The first kappa shape index (κ1) is 7.99. The molecule has 1 aromatic carbocycles. The molecule has 0 atom stereocenters. The number of rotatable bonds is 3. The van der Waals surface area contributed by atoms with Crippen LogP contribution in [0.5, 0.6) is 0 Å². The zero-order valence-corrected chi connectivity index (χ0v) is 7.85. The Morgan fingerprint density at radius 1 is 1.25 bits per heavy atom. The van der Waals surface area contributed by atoms with Crippen LogP contribution in [0, 0.1) is 5.92 Å². The van der Waals surface area contributed by atoms with Gasteiger partial charge in [-0.25, -0.2) is 0 Å². The van der Waals surface area contributed by atoms with Crippen LogP contribution in [0.15, 0.2) is 29.2 Å². The third kappa shape index (κ3) is 2.18. The standard InChI is InChI=1S/C10H13NS/c12-10-5-3-9(4-6-10)11-7-8-1-2-8/h3-6,8,11-12H,1-2,7H2. The minimum absolute atomic E-state index is 0.931. The predicted octanol–water partition coefficient (Wildman–Crippen LogP) is 2.80. The minimum atomic E-state index is 0.931. The van der Waals surface area contributed by atoms with Crippen LogP contribution in [0.2, 0.25) is 0 Å². The Morgan fingerprint density at radius 3 is 2.50 bits per heavy atom. The van der Waals surface area contributed by atoms with Gasteiger partial charge in [0.15, 0.2) is 0 Å². The summed E-state index contributed by atoms with van der Waals surface area (Å²) >= 11 is 4.22. The normalized spacial score (nSPS) is 16.1. The fourth-order valence-corrected chi connectivity index (χ4v) is 1.31. The number of hydrogen-bond acceptors (Lipinski definition) is 2. The molecule has 0 bridgehead atoms. The van der Waals surface area contributed by atoms with Gasteiger partial charge in [0.25, 0.3) is 0 Å². The van der Waals surface area contributed by atoms with E-state index >= 15 is 0 Å². The molecule has 0 radical (unpaired) electrons. The molecule has 0 spiro atoms. The molecule has 2 heteroatoms. The molecule has 1 aromatic rings. The molecule has 1 aliphatic rings. The second-order valence-electron chi connectivity index (χ2n) is 3.37. The van der Waals surface area contributed by atoms with Gasteiger partial charge < -0.3 is 5.32 Å². The smallest absolute Gasteiger partial charge is 0.0341 e. The summed E-state index contributed by atoms with van der Waals surface area (Å²) in [6.07, 6.45) is 2.80. The fourth-order valence-electron chi connectivity index (χ4n) is 1.16. The third-order valence-electron chi connectivity index (χ3n) is 2.16. The van der Waals surface area contributed by atoms with Gasteiger partial charge in [-0.15, -0.1) is 12.6 Å². The highest BCUT2D eigenvalue weighted by Gasteiger charge is 2.20. The van der Waals surface area contributed by atoms with Gasteiger partial charge in [-0.2, -0.15) is 0 Å². The SMILES string of the molecule is Sc1ccc(NCC2CC2)cc1. The van der Waals surface area contributed by atoms with Gasteiger partial charge in [-0.05, 0) is 43.0 Å². The molecule has 2 rings (SSSR count). The third-order valence-corrected chi connectivity index (χ3v) is 2.46. The van der Waals surface area contributed by atoms with Crippen LogP contribution < -0.4 is 5.32 Å². The van der Waals surface area contributed by atoms with E-state index in [2.05, 4.69) is 30.1 Å². The predicted molar refractivity (Wildman–Crippen MR) is 54.9 cm³/mol. The molecule has 0 heterocycles. The van der Waals surface area contributed by atoms with E-state index in [0.29, 0.717) is 0 Å². The lowest BCUT2D eigenvalue weighted by molar-refractivity contribution is 0.889. The molecule has 1 N–H and O–H groups in total. The summed E-state index contributed by atoms with van der Waals surface area (Å²) in [5.74, 6) is 0.931. The van der Waals surface area contributed by atoms with Crippen molar-refractivity contribution in [2.75, 3.05) is 11.9 Å². The second kappa shape index (κ2) is 3.40. The fraction of sp³-hybridized carbons (Fsp3) is 0.400. The average molecular weight is 179 g/mol. The summed E-state index contributed by atoms with van der Waals surface area (Å²) in [5.41, 5.74) is 1.21. The van der Waals surface area contributed by atoms with E-state index < -0.39 is 0 Å². The quantitative estimate of drug-likeness (QED) is 0.680. The Bertz CT molecular complexity index is 251. The topological polar surface area (TPSA) is 12.0 Å². The average Bonchev–Trinajstić information content (AvgIpc) is 2.87. The molecule has 0 saturated heterocycles. The first-order chi connectivity index (χ1) is 5.84. The van der Waals surface area contributed by atoms with E-state index in [1.165, 1.54) is 18.5 Å². The summed E-state index contributed by atoms with van der Waals surface area (Å²) in [4.78, 5) is 1.02. The van der Waals surface area contributed by atoms with Crippen molar-refractivity contribution in [3.63, 3.8) is 0 Å². The van der Waals surface area contributed by atoms with Gasteiger partial charge in [0.05, 0.1) is 0 Å². The van der Waals surface area contributed by atoms with Gasteiger partial charge >= 0.3 is 0 Å². The lowest BCUT2D eigenvalue weighted by Gasteiger charge is -2.04. The van der Waals surface area contributed by atoms with E-state index in [0.717, 1.165) is 17.4 Å². The van der Waals surface area contributed by atoms with E-state index in [9.17, 15) is 0 Å². The van der Waals surface area contributed by atoms with Crippen LogP contribution >= 0.6 is 12.6 Å². The van der Waals surface area contributed by atoms with Crippen LogP contribution in [0.3, 0.4) is 0 Å². The van der Waals surface area contributed by atoms with Gasteiger partial charge in [-0.3, -0.25) is 0 Å². The van der Waals surface area contributed by atoms with Gasteiger partial charge in [-0.1, -0.05) is 0 Å². The monoisotopic (exact) mass is 179 g/mol. The van der Waals surface area contributed by atoms with Crippen molar-refractivity contribution in [2.45, 2.75) is 17.7 Å². The van der Waals surface area contributed by atoms with E-state index in [1.807, 2.05) is 12.1 Å². The number of hydrogen-bond donors (Lipinski definition) is 2. The van der Waals surface area contributed by atoms with Crippen LogP contribution in [-0.2, 0) is 0 Å². The summed E-state index contributed by atoms with van der Waals surface area (Å²) in [6.45, 7) is 1.13. The minimum Gasteiger partial charge on any atom is -0.385 e. The highest BCUT2D eigenvalue weighted by molar-refractivity contribution is 7.80. The highest BCUT2D eigenvalue weighted by atomic mass is 32.1. The number of nitrogens with one attached hydrogen (secondary N) is 1. The first-order valence-electron chi connectivity index (χ1n) is 4.37. The second-order valence-corrected chi connectivity index (χ2v) is 3.89. The molecule has 12 heavy (non-hydrogen) atoms. The maximum Gasteiger partial charge on any atom is 0.0341 e. The van der Waals surface area contributed by atoms with Crippen molar-refractivity contribution in [3.8, 4) is 0 Å². The van der Waals surface area contributed by atoms with Gasteiger partial charge in [0.2, 0.25) is 0 Å². The first-order valence-corrected chi connectivity index (χ1v) is 4.82. The highest BCUT2D eigenvalue weighted by Crippen LogP contribution is 2.28. The molecular formula is C10H13NS. The van der Waals surface area contributed by atoms with Gasteiger partial charge in [0.1, 0.15) is 0 Å². The Kier molecular flexibility index (Phi) is 2.26. The molecule has 1 nitrogen and oxygen atoms in total. The van der Waals surface area contributed by atoms with Crippen LogP contribution in [-0.4, -0.2) is 6.54 Å². The van der Waals surface area contributed by atoms with Crippen molar-refractivity contribution in [1.29, 1.82) is 0 Å². The van der Waals surface area contributed by atoms with Crippen molar-refractivity contribution in [1.82, 2.24) is 0 Å². The lowest BCUT2D eigenvalue weighted by atomic mass is 10.3. The van der Waals surface area contributed by atoms with E-state index in [1.54, 1.807) is 0 Å². The molecule has 0 aromatic heterocycles. The molecular weight excluding hydrogens is 166 g/mol.